The van der Waals surface area contributed by atoms with Gasteiger partial charge < -0.3 is 14.7 Å². The van der Waals surface area contributed by atoms with E-state index in [0.29, 0.717) is 0 Å². The minimum Gasteiger partial charge on any atom is -0.334 e. The van der Waals surface area contributed by atoms with Crippen LogP contribution in [0.2, 0.25) is 0 Å². The van der Waals surface area contributed by atoms with E-state index in [-0.39, 0.29) is 39.3 Å². The topological polar surface area (TPSA) is 9.72 Å². The Morgan fingerprint density at radius 2 is 0.831 bits per heavy atom. The third-order valence-electron chi connectivity index (χ3n) is 18.7. The smallest absolute Gasteiger partial charge is 0.252 e. The SMILES string of the molecule is CC(C)(C)c1ccc2c(c1)B1c3ccc(C(C)(C)C)cc3N(c3ccc(C(C)(C)C)cc3-c3ccccc3)c3cc(N4c5ccccc5C5(C)CCCCCC45C)cc(c31)N2c1ccc(C(C)(C)C)cc1-c1ccccc1. The molecule has 0 bridgehead atoms. The number of para-hydroxylation sites is 1. The molecule has 1 fully saturated rings. The lowest BCUT2D eigenvalue weighted by Crippen LogP contribution is -2.62. The zero-order valence-electron chi connectivity index (χ0n) is 48.6. The Bertz CT molecular complexity index is 3600. The Morgan fingerprint density at radius 3 is 1.38 bits per heavy atom. The fourth-order valence-corrected chi connectivity index (χ4v) is 13.9. The maximum atomic E-state index is 2.83. The molecule has 77 heavy (non-hydrogen) atoms. The van der Waals surface area contributed by atoms with Gasteiger partial charge in [-0.15, -0.1) is 0 Å². The molecule has 3 heterocycles. The second-order valence-electron chi connectivity index (χ2n) is 27.8. The van der Waals surface area contributed by atoms with Crippen molar-refractivity contribution in [1.29, 1.82) is 0 Å². The quantitative estimate of drug-likeness (QED) is 0.159. The lowest BCUT2D eigenvalue weighted by atomic mass is 9.33. The average Bonchev–Trinajstić information content (AvgIpc) is 3.46. The van der Waals surface area contributed by atoms with Crippen LogP contribution in [0.25, 0.3) is 22.3 Å². The standard InChI is InChI=1S/C73H80BN3/c1-68(2,3)50-33-37-60(55(42-50)48-26-18-15-19-27-48)75-63-39-35-52(70(7,8)9)44-59(63)74-58-36-32-53(71(10,11)12)45-64(58)76(61-38-34-51(69(4,5)6)43-56(61)49-28-20-16-21-29-49)66-47-54(46-65(75)67(66)74)77-62-31-23-22-30-57(62)72(13)40-24-17-25-41-73(72,77)14/h15-16,18-23,26-39,42-47H,17,24-25,40-41H2,1-14H3. The van der Waals surface area contributed by atoms with Crippen LogP contribution in [0.15, 0.2) is 170 Å². The van der Waals surface area contributed by atoms with Crippen LogP contribution in [0.3, 0.4) is 0 Å². The third-order valence-corrected chi connectivity index (χ3v) is 18.7. The Labute approximate surface area is 462 Å². The number of fused-ring (bicyclic) bond motifs is 7. The Hall–Kier alpha value is -6.78. The van der Waals surface area contributed by atoms with Crippen molar-refractivity contribution in [2.24, 2.45) is 0 Å². The van der Waals surface area contributed by atoms with E-state index < -0.39 is 0 Å². The van der Waals surface area contributed by atoms with Gasteiger partial charge in [-0.05, 0) is 151 Å². The fraction of sp³-hybridized carbons (Fsp3) is 0.342. The molecule has 0 N–H and O–H groups in total. The summed E-state index contributed by atoms with van der Waals surface area (Å²) in [7, 11) is 0. The van der Waals surface area contributed by atoms with Crippen molar-refractivity contribution in [3.8, 4) is 22.3 Å². The normalized spacial score (nSPS) is 19.0. The zero-order chi connectivity index (χ0) is 54.2. The molecule has 12 rings (SSSR count). The highest BCUT2D eigenvalue weighted by Gasteiger charge is 2.57. The van der Waals surface area contributed by atoms with Gasteiger partial charge in [0.05, 0.1) is 16.9 Å². The third kappa shape index (κ3) is 8.21. The fourth-order valence-electron chi connectivity index (χ4n) is 13.9. The second kappa shape index (κ2) is 17.9. The lowest BCUT2D eigenvalue weighted by molar-refractivity contribution is 0.261. The van der Waals surface area contributed by atoms with Gasteiger partial charge in [0.2, 0.25) is 0 Å². The van der Waals surface area contributed by atoms with Crippen molar-refractivity contribution in [3.63, 3.8) is 0 Å². The van der Waals surface area contributed by atoms with Crippen LogP contribution in [0, 0.1) is 0 Å². The van der Waals surface area contributed by atoms with Gasteiger partial charge >= 0.3 is 0 Å². The highest BCUT2D eigenvalue weighted by atomic mass is 15.3. The van der Waals surface area contributed by atoms with Gasteiger partial charge in [0.25, 0.3) is 6.71 Å². The molecule has 390 valence electrons. The number of nitrogens with zero attached hydrogens (tertiary/aromatic N) is 3. The summed E-state index contributed by atoms with van der Waals surface area (Å²) in [5.41, 5.74) is 25.3. The van der Waals surface area contributed by atoms with Crippen LogP contribution in [0.1, 0.15) is 157 Å². The highest BCUT2D eigenvalue weighted by Crippen LogP contribution is 2.61. The predicted molar refractivity (Wildman–Crippen MR) is 334 cm³/mol. The van der Waals surface area contributed by atoms with Crippen LogP contribution in [0.5, 0.6) is 0 Å². The average molecular weight is 1010 g/mol. The molecule has 4 aliphatic rings. The van der Waals surface area contributed by atoms with Crippen molar-refractivity contribution < 1.29 is 0 Å². The van der Waals surface area contributed by atoms with E-state index in [1.54, 1.807) is 0 Å². The molecule has 2 atom stereocenters. The van der Waals surface area contributed by atoms with Gasteiger partial charge in [0, 0.05) is 50.7 Å². The summed E-state index contributed by atoms with van der Waals surface area (Å²) in [6, 6.07) is 66.7. The van der Waals surface area contributed by atoms with E-state index in [9.17, 15) is 0 Å². The molecular formula is C73H80BN3. The van der Waals surface area contributed by atoms with E-state index in [1.165, 1.54) is 138 Å². The number of rotatable bonds is 5. The molecular weight excluding hydrogens is 930 g/mol. The monoisotopic (exact) mass is 1010 g/mol. The largest absolute Gasteiger partial charge is 0.334 e. The van der Waals surface area contributed by atoms with E-state index in [2.05, 4.69) is 281 Å². The number of hydrogen-bond donors (Lipinski definition) is 0. The molecule has 1 aliphatic carbocycles. The molecule has 2 unspecified atom stereocenters. The maximum Gasteiger partial charge on any atom is 0.252 e. The van der Waals surface area contributed by atoms with Crippen molar-refractivity contribution >= 4 is 68.6 Å². The summed E-state index contributed by atoms with van der Waals surface area (Å²) in [5.74, 6) is 0. The molecule has 0 saturated heterocycles. The molecule has 0 amide bonds. The first-order chi connectivity index (χ1) is 36.5. The Balaban J connectivity index is 1.27. The van der Waals surface area contributed by atoms with Crippen molar-refractivity contribution in [1.82, 2.24) is 0 Å². The summed E-state index contributed by atoms with van der Waals surface area (Å²) in [6.45, 7) is 33.4. The van der Waals surface area contributed by atoms with E-state index in [0.717, 1.165) is 6.42 Å². The van der Waals surface area contributed by atoms with Crippen LogP contribution < -0.4 is 31.1 Å². The van der Waals surface area contributed by atoms with Gasteiger partial charge in [0.1, 0.15) is 0 Å². The summed E-state index contributed by atoms with van der Waals surface area (Å²) in [6.07, 6.45) is 6.01. The first kappa shape index (κ1) is 51.0. The van der Waals surface area contributed by atoms with Crippen LogP contribution in [-0.4, -0.2) is 12.3 Å². The second-order valence-corrected chi connectivity index (χ2v) is 27.8. The first-order valence-electron chi connectivity index (χ1n) is 28.8. The number of anilines is 8. The summed E-state index contributed by atoms with van der Waals surface area (Å²) in [5, 5.41) is 0. The molecule has 8 aromatic rings. The van der Waals surface area contributed by atoms with Gasteiger partial charge in [-0.3, -0.25) is 0 Å². The number of hydrogen-bond acceptors (Lipinski definition) is 3. The molecule has 0 radical (unpaired) electrons. The zero-order valence-corrected chi connectivity index (χ0v) is 48.6. The van der Waals surface area contributed by atoms with Crippen LogP contribution in [0.4, 0.5) is 45.5 Å². The highest BCUT2D eigenvalue weighted by molar-refractivity contribution is 7.00. The Kier molecular flexibility index (Phi) is 11.8. The predicted octanol–water partition coefficient (Wildman–Crippen LogP) is 18.4. The molecule has 4 heteroatoms. The molecule has 0 spiro atoms. The van der Waals surface area contributed by atoms with E-state index in [1.807, 2.05) is 0 Å². The van der Waals surface area contributed by atoms with Crippen LogP contribution in [-0.2, 0) is 27.1 Å². The van der Waals surface area contributed by atoms with Gasteiger partial charge in [-0.1, -0.05) is 225 Å². The first-order valence-corrected chi connectivity index (χ1v) is 28.8. The van der Waals surface area contributed by atoms with Gasteiger partial charge in [0.15, 0.2) is 0 Å². The molecule has 1 saturated carbocycles. The molecule has 3 nitrogen and oxygen atoms in total. The minimum atomic E-state index is -0.170. The minimum absolute atomic E-state index is 0.0359. The number of benzene rings is 8. The molecule has 0 aromatic heterocycles. The summed E-state index contributed by atoms with van der Waals surface area (Å²) < 4.78 is 0. The van der Waals surface area contributed by atoms with Gasteiger partial charge in [-0.2, -0.15) is 0 Å². The van der Waals surface area contributed by atoms with Crippen molar-refractivity contribution in [3.05, 3.63) is 198 Å². The Morgan fingerprint density at radius 1 is 0.377 bits per heavy atom. The van der Waals surface area contributed by atoms with E-state index >= 15 is 0 Å². The summed E-state index contributed by atoms with van der Waals surface area (Å²) >= 11 is 0. The lowest BCUT2D eigenvalue weighted by Gasteiger charge is -2.49. The van der Waals surface area contributed by atoms with Gasteiger partial charge in [-0.25, -0.2) is 0 Å². The maximum absolute atomic E-state index is 2.83. The van der Waals surface area contributed by atoms with Crippen molar-refractivity contribution in [2.75, 3.05) is 14.7 Å². The summed E-state index contributed by atoms with van der Waals surface area (Å²) in [4.78, 5) is 8.24. The van der Waals surface area contributed by atoms with E-state index in [4.69, 9.17) is 0 Å². The van der Waals surface area contributed by atoms with Crippen molar-refractivity contribution in [2.45, 2.75) is 162 Å². The molecule has 8 aromatic carbocycles. The molecule has 3 aliphatic heterocycles. The van der Waals surface area contributed by atoms with Crippen LogP contribution >= 0.6 is 0 Å².